The van der Waals surface area contributed by atoms with Crippen LogP contribution in [0.3, 0.4) is 0 Å². The van der Waals surface area contributed by atoms with Gasteiger partial charge in [-0.15, -0.1) is 11.3 Å². The van der Waals surface area contributed by atoms with Crippen molar-refractivity contribution in [1.29, 1.82) is 0 Å². The Bertz CT molecular complexity index is 1240. The number of carbonyl (C=O) groups excluding carboxylic acids is 2. The second-order valence-corrected chi connectivity index (χ2v) is 9.81. The third-order valence-electron chi connectivity index (χ3n) is 6.25. The van der Waals surface area contributed by atoms with E-state index in [1.165, 1.54) is 16.5 Å². The van der Waals surface area contributed by atoms with Crippen LogP contribution in [0.15, 0.2) is 54.6 Å². The number of nitrogens with one attached hydrogen (secondary N) is 2. The van der Waals surface area contributed by atoms with Gasteiger partial charge in [0.15, 0.2) is 0 Å². The molecule has 1 aliphatic heterocycles. The molecule has 2 aliphatic rings. The Morgan fingerprint density at radius 1 is 1.06 bits per heavy atom. The molecule has 0 radical (unpaired) electrons. The average molecular weight is 475 g/mol. The van der Waals surface area contributed by atoms with Crippen LogP contribution in [0.25, 0.3) is 6.08 Å². The SMILES string of the molecule is COc1ccc(/C=C/C(=O)Oc2ccc([C@H]3NC(=O)c4c(sc5c4CC[C@@H](C)C5)N3)cc2)cc1. The van der Waals surface area contributed by atoms with Crippen molar-refractivity contribution in [2.75, 3.05) is 12.4 Å². The summed E-state index contributed by atoms with van der Waals surface area (Å²) in [5.74, 6) is 1.37. The molecule has 0 spiro atoms. The lowest BCUT2D eigenvalue weighted by atomic mass is 9.88. The highest BCUT2D eigenvalue weighted by Gasteiger charge is 2.33. The maximum Gasteiger partial charge on any atom is 0.336 e. The summed E-state index contributed by atoms with van der Waals surface area (Å²) >= 11 is 1.70. The van der Waals surface area contributed by atoms with Crippen molar-refractivity contribution in [2.45, 2.75) is 32.4 Å². The molecule has 2 N–H and O–H groups in total. The zero-order chi connectivity index (χ0) is 23.7. The molecule has 2 atom stereocenters. The van der Waals surface area contributed by atoms with Gasteiger partial charge in [-0.3, -0.25) is 4.79 Å². The number of esters is 1. The molecule has 0 bridgehead atoms. The highest BCUT2D eigenvalue weighted by Crippen LogP contribution is 2.42. The minimum atomic E-state index is -0.462. The summed E-state index contributed by atoms with van der Waals surface area (Å²) < 4.78 is 10.5. The first-order valence-electron chi connectivity index (χ1n) is 11.4. The number of rotatable bonds is 5. The summed E-state index contributed by atoms with van der Waals surface area (Å²) in [4.78, 5) is 26.4. The number of ether oxygens (including phenoxy) is 2. The molecule has 0 fully saturated rings. The molecule has 3 aromatic rings. The normalized spacial score (nSPS) is 19.1. The molecule has 7 heteroatoms. The Hall–Kier alpha value is -3.58. The van der Waals surface area contributed by atoms with Gasteiger partial charge in [0.2, 0.25) is 0 Å². The fourth-order valence-corrected chi connectivity index (χ4v) is 5.82. The predicted molar refractivity (Wildman–Crippen MR) is 133 cm³/mol. The van der Waals surface area contributed by atoms with E-state index in [2.05, 4.69) is 17.6 Å². The number of hydrogen-bond donors (Lipinski definition) is 2. The van der Waals surface area contributed by atoms with E-state index in [4.69, 9.17) is 9.47 Å². The minimum absolute atomic E-state index is 0.0232. The van der Waals surface area contributed by atoms with Gasteiger partial charge in [0.1, 0.15) is 22.7 Å². The Labute approximate surface area is 202 Å². The lowest BCUT2D eigenvalue weighted by Gasteiger charge is -2.27. The van der Waals surface area contributed by atoms with Crippen LogP contribution < -0.4 is 20.1 Å². The van der Waals surface area contributed by atoms with Gasteiger partial charge < -0.3 is 20.1 Å². The molecule has 1 amide bonds. The van der Waals surface area contributed by atoms with E-state index >= 15 is 0 Å². The van der Waals surface area contributed by atoms with E-state index in [9.17, 15) is 9.59 Å². The smallest absolute Gasteiger partial charge is 0.336 e. The predicted octanol–water partition coefficient (Wildman–Crippen LogP) is 5.35. The second-order valence-electron chi connectivity index (χ2n) is 8.70. The number of fused-ring (bicyclic) bond motifs is 3. The molecule has 0 unspecified atom stereocenters. The van der Waals surface area contributed by atoms with Crippen molar-refractivity contribution in [1.82, 2.24) is 5.32 Å². The highest BCUT2D eigenvalue weighted by atomic mass is 32.1. The largest absolute Gasteiger partial charge is 0.497 e. The first kappa shape index (κ1) is 22.2. The number of anilines is 1. The van der Waals surface area contributed by atoms with Gasteiger partial charge in [0, 0.05) is 11.0 Å². The molecule has 2 aromatic carbocycles. The van der Waals surface area contributed by atoms with Crippen LogP contribution in [-0.2, 0) is 17.6 Å². The van der Waals surface area contributed by atoms with E-state index in [0.717, 1.165) is 46.7 Å². The first-order valence-corrected chi connectivity index (χ1v) is 12.2. The second kappa shape index (κ2) is 9.35. The summed E-state index contributed by atoms with van der Waals surface area (Å²) in [6.45, 7) is 2.27. The van der Waals surface area contributed by atoms with Crippen LogP contribution in [-0.4, -0.2) is 19.0 Å². The average Bonchev–Trinajstić information content (AvgIpc) is 3.21. The van der Waals surface area contributed by atoms with Crippen LogP contribution >= 0.6 is 11.3 Å². The maximum absolute atomic E-state index is 12.9. The number of carbonyl (C=O) groups is 2. The van der Waals surface area contributed by atoms with Crippen molar-refractivity contribution in [2.24, 2.45) is 5.92 Å². The molecule has 5 rings (SSSR count). The van der Waals surface area contributed by atoms with Crippen LogP contribution in [0, 0.1) is 5.92 Å². The molecule has 2 heterocycles. The number of hydrogen-bond acceptors (Lipinski definition) is 6. The summed E-state index contributed by atoms with van der Waals surface area (Å²) in [6.07, 6.45) is 5.89. The molecule has 34 heavy (non-hydrogen) atoms. The Kier molecular flexibility index (Phi) is 6.11. The molecular formula is C27H26N2O4S. The van der Waals surface area contributed by atoms with Crippen LogP contribution in [0.1, 0.15) is 51.4 Å². The Morgan fingerprint density at radius 3 is 2.53 bits per heavy atom. The van der Waals surface area contributed by atoms with Crippen LogP contribution in [0.4, 0.5) is 5.00 Å². The number of thiophene rings is 1. The summed E-state index contributed by atoms with van der Waals surface area (Å²) in [7, 11) is 1.61. The van der Waals surface area contributed by atoms with Crippen molar-refractivity contribution < 1.29 is 19.1 Å². The minimum Gasteiger partial charge on any atom is -0.497 e. The van der Waals surface area contributed by atoms with Gasteiger partial charge >= 0.3 is 5.97 Å². The van der Waals surface area contributed by atoms with Crippen LogP contribution in [0.5, 0.6) is 11.5 Å². The third kappa shape index (κ3) is 4.56. The lowest BCUT2D eigenvalue weighted by molar-refractivity contribution is -0.128. The van der Waals surface area contributed by atoms with Gasteiger partial charge in [0.05, 0.1) is 12.7 Å². The van der Waals surface area contributed by atoms with E-state index < -0.39 is 5.97 Å². The summed E-state index contributed by atoms with van der Waals surface area (Å²) in [6, 6.07) is 14.6. The molecule has 1 aliphatic carbocycles. The van der Waals surface area contributed by atoms with Gasteiger partial charge in [0.25, 0.3) is 5.91 Å². The fraction of sp³-hybridized carbons (Fsp3) is 0.259. The van der Waals surface area contributed by atoms with Gasteiger partial charge in [-0.05, 0) is 72.2 Å². The van der Waals surface area contributed by atoms with E-state index in [1.807, 2.05) is 36.4 Å². The standard InChI is InChI=1S/C27H26N2O4S/c1-16-3-13-21-22(15-16)34-27-24(21)26(31)28-25(29-27)18-7-11-20(12-8-18)33-23(30)14-6-17-4-9-19(32-2)10-5-17/h4-12,14,16,25,29H,3,13,15H2,1-2H3,(H,28,31)/b14-6+/t16-,25+/m1/s1. The molecule has 6 nitrogen and oxygen atoms in total. The molecule has 0 saturated carbocycles. The fourth-order valence-electron chi connectivity index (χ4n) is 4.39. The van der Waals surface area contributed by atoms with Gasteiger partial charge in [-0.25, -0.2) is 4.79 Å². The van der Waals surface area contributed by atoms with Crippen molar-refractivity contribution in [3.05, 3.63) is 81.7 Å². The molecule has 0 saturated heterocycles. The van der Waals surface area contributed by atoms with E-state index in [1.54, 1.807) is 36.7 Å². The van der Waals surface area contributed by atoms with E-state index in [0.29, 0.717) is 11.7 Å². The number of methoxy groups -OCH3 is 1. The van der Waals surface area contributed by atoms with E-state index in [-0.39, 0.29) is 12.1 Å². The monoisotopic (exact) mass is 474 g/mol. The van der Waals surface area contributed by atoms with Crippen molar-refractivity contribution in [3.63, 3.8) is 0 Å². The van der Waals surface area contributed by atoms with Crippen molar-refractivity contribution in [3.8, 4) is 11.5 Å². The molecular weight excluding hydrogens is 448 g/mol. The third-order valence-corrected chi connectivity index (χ3v) is 7.43. The summed E-state index contributed by atoms with van der Waals surface area (Å²) in [5, 5.41) is 7.50. The van der Waals surface area contributed by atoms with Gasteiger partial charge in [-0.1, -0.05) is 31.2 Å². The number of benzene rings is 2. The topological polar surface area (TPSA) is 76.7 Å². The van der Waals surface area contributed by atoms with Crippen LogP contribution in [0.2, 0.25) is 0 Å². The first-order chi connectivity index (χ1) is 16.5. The highest BCUT2D eigenvalue weighted by molar-refractivity contribution is 7.16. The quantitative estimate of drug-likeness (QED) is 0.296. The zero-order valence-corrected chi connectivity index (χ0v) is 19.9. The summed E-state index contributed by atoms with van der Waals surface area (Å²) in [5.41, 5.74) is 3.80. The Balaban J connectivity index is 1.23. The zero-order valence-electron chi connectivity index (χ0n) is 19.1. The molecule has 174 valence electrons. The number of amides is 1. The van der Waals surface area contributed by atoms with Gasteiger partial charge in [-0.2, -0.15) is 0 Å². The lowest BCUT2D eigenvalue weighted by Crippen LogP contribution is -2.38. The Morgan fingerprint density at radius 2 is 1.79 bits per heavy atom. The molecule has 1 aromatic heterocycles. The maximum atomic E-state index is 12.9. The van der Waals surface area contributed by atoms with Crippen molar-refractivity contribution >= 4 is 34.3 Å².